The SMILES string of the molecule is CCOc1cccc(NC(C)CC2CCCCCN2)c1. The van der Waals surface area contributed by atoms with E-state index >= 15 is 0 Å². The first-order chi connectivity index (χ1) is 9.78. The van der Waals surface area contributed by atoms with Gasteiger partial charge in [-0.1, -0.05) is 18.9 Å². The van der Waals surface area contributed by atoms with Crippen LogP contribution in [0.2, 0.25) is 0 Å². The van der Waals surface area contributed by atoms with Crippen LogP contribution in [-0.2, 0) is 0 Å². The van der Waals surface area contributed by atoms with E-state index in [0.29, 0.717) is 18.7 Å². The van der Waals surface area contributed by atoms with Crippen molar-refractivity contribution in [3.05, 3.63) is 24.3 Å². The van der Waals surface area contributed by atoms with E-state index in [1.54, 1.807) is 0 Å². The normalized spacial score (nSPS) is 21.0. The lowest BCUT2D eigenvalue weighted by atomic mass is 10.0. The van der Waals surface area contributed by atoms with Gasteiger partial charge in [0.2, 0.25) is 0 Å². The van der Waals surface area contributed by atoms with Crippen LogP contribution in [-0.4, -0.2) is 25.2 Å². The molecule has 1 saturated heterocycles. The molecule has 1 fully saturated rings. The Morgan fingerprint density at radius 2 is 2.25 bits per heavy atom. The highest BCUT2D eigenvalue weighted by Gasteiger charge is 2.14. The van der Waals surface area contributed by atoms with Gasteiger partial charge < -0.3 is 15.4 Å². The van der Waals surface area contributed by atoms with Crippen molar-refractivity contribution in [2.75, 3.05) is 18.5 Å². The predicted molar refractivity (Wildman–Crippen MR) is 85.6 cm³/mol. The first-order valence-electron chi connectivity index (χ1n) is 8.00. The van der Waals surface area contributed by atoms with E-state index in [1.807, 2.05) is 19.1 Å². The average molecular weight is 276 g/mol. The van der Waals surface area contributed by atoms with Crippen molar-refractivity contribution >= 4 is 5.69 Å². The van der Waals surface area contributed by atoms with Gasteiger partial charge in [-0.3, -0.25) is 0 Å². The molecule has 2 rings (SSSR count). The average Bonchev–Trinajstić information content (AvgIpc) is 2.68. The molecule has 1 aliphatic heterocycles. The highest BCUT2D eigenvalue weighted by Crippen LogP contribution is 2.20. The largest absolute Gasteiger partial charge is 0.494 e. The lowest BCUT2D eigenvalue weighted by Gasteiger charge is -2.22. The second kappa shape index (κ2) is 8.15. The monoisotopic (exact) mass is 276 g/mol. The number of ether oxygens (including phenoxy) is 1. The van der Waals surface area contributed by atoms with Crippen LogP contribution in [0, 0.1) is 0 Å². The minimum atomic E-state index is 0.475. The van der Waals surface area contributed by atoms with Crippen LogP contribution in [0.15, 0.2) is 24.3 Å². The molecule has 0 spiro atoms. The van der Waals surface area contributed by atoms with E-state index in [2.05, 4.69) is 29.7 Å². The fourth-order valence-electron chi connectivity index (χ4n) is 2.91. The number of hydrogen-bond donors (Lipinski definition) is 2. The molecule has 1 aliphatic rings. The molecular formula is C17H28N2O. The lowest BCUT2D eigenvalue weighted by Crippen LogP contribution is -2.33. The molecule has 1 heterocycles. The summed E-state index contributed by atoms with van der Waals surface area (Å²) in [7, 11) is 0. The minimum Gasteiger partial charge on any atom is -0.494 e. The van der Waals surface area contributed by atoms with Crippen molar-refractivity contribution in [1.82, 2.24) is 5.32 Å². The molecule has 3 nitrogen and oxygen atoms in total. The highest BCUT2D eigenvalue weighted by atomic mass is 16.5. The zero-order chi connectivity index (χ0) is 14.2. The Bertz CT molecular complexity index is 386. The lowest BCUT2D eigenvalue weighted by molar-refractivity contribution is 0.340. The van der Waals surface area contributed by atoms with Gasteiger partial charge in [-0.05, 0) is 51.8 Å². The van der Waals surface area contributed by atoms with Gasteiger partial charge in [-0.25, -0.2) is 0 Å². The maximum Gasteiger partial charge on any atom is 0.121 e. The molecule has 0 radical (unpaired) electrons. The summed E-state index contributed by atoms with van der Waals surface area (Å²) < 4.78 is 5.54. The van der Waals surface area contributed by atoms with Gasteiger partial charge in [0, 0.05) is 23.8 Å². The second-order valence-electron chi connectivity index (χ2n) is 5.74. The van der Waals surface area contributed by atoms with Crippen molar-refractivity contribution in [2.24, 2.45) is 0 Å². The molecule has 0 bridgehead atoms. The zero-order valence-corrected chi connectivity index (χ0v) is 12.8. The number of anilines is 1. The van der Waals surface area contributed by atoms with Gasteiger partial charge in [-0.2, -0.15) is 0 Å². The van der Waals surface area contributed by atoms with Gasteiger partial charge in [0.25, 0.3) is 0 Å². The summed E-state index contributed by atoms with van der Waals surface area (Å²) >= 11 is 0. The highest BCUT2D eigenvalue weighted by molar-refractivity contribution is 5.48. The van der Waals surface area contributed by atoms with Crippen molar-refractivity contribution in [2.45, 2.75) is 58.0 Å². The fraction of sp³-hybridized carbons (Fsp3) is 0.647. The summed E-state index contributed by atoms with van der Waals surface area (Å²) in [6, 6.07) is 9.38. The summed E-state index contributed by atoms with van der Waals surface area (Å²) in [6.07, 6.45) is 6.56. The van der Waals surface area contributed by atoms with E-state index < -0.39 is 0 Å². The van der Waals surface area contributed by atoms with Crippen LogP contribution in [0.4, 0.5) is 5.69 Å². The predicted octanol–water partition coefficient (Wildman–Crippen LogP) is 3.81. The van der Waals surface area contributed by atoms with Crippen LogP contribution >= 0.6 is 0 Å². The third kappa shape index (κ3) is 5.04. The van der Waals surface area contributed by atoms with Crippen molar-refractivity contribution < 1.29 is 4.74 Å². The topological polar surface area (TPSA) is 33.3 Å². The Morgan fingerprint density at radius 3 is 3.10 bits per heavy atom. The molecule has 2 unspecified atom stereocenters. The van der Waals surface area contributed by atoms with E-state index in [9.17, 15) is 0 Å². The van der Waals surface area contributed by atoms with Gasteiger partial charge in [0.1, 0.15) is 5.75 Å². The summed E-state index contributed by atoms with van der Waals surface area (Å²) in [5.74, 6) is 0.942. The Morgan fingerprint density at radius 1 is 1.35 bits per heavy atom. The number of rotatable bonds is 6. The van der Waals surface area contributed by atoms with Gasteiger partial charge >= 0.3 is 0 Å². The summed E-state index contributed by atoms with van der Waals surface area (Å²) in [5, 5.41) is 7.25. The maximum absolute atomic E-state index is 5.54. The molecule has 112 valence electrons. The van der Waals surface area contributed by atoms with Gasteiger partial charge in [0.05, 0.1) is 6.61 Å². The Kier molecular flexibility index (Phi) is 6.19. The minimum absolute atomic E-state index is 0.475. The quantitative estimate of drug-likeness (QED) is 0.829. The van der Waals surface area contributed by atoms with Crippen LogP contribution in [0.3, 0.4) is 0 Å². The molecule has 3 heteroatoms. The standard InChI is InChI=1S/C17H28N2O/c1-3-20-17-10-7-9-16(13-17)19-14(2)12-15-8-5-4-6-11-18-15/h7,9-10,13-15,18-19H,3-6,8,11-12H2,1-2H3. The van der Waals surface area contributed by atoms with E-state index in [1.165, 1.54) is 38.6 Å². The Labute approximate surface area is 123 Å². The number of hydrogen-bond acceptors (Lipinski definition) is 3. The summed E-state index contributed by atoms with van der Waals surface area (Å²) in [6.45, 7) is 6.17. The van der Waals surface area contributed by atoms with Gasteiger partial charge in [0.15, 0.2) is 0 Å². The summed E-state index contributed by atoms with van der Waals surface area (Å²) in [5.41, 5.74) is 1.15. The molecule has 1 aromatic rings. The van der Waals surface area contributed by atoms with Crippen LogP contribution in [0.25, 0.3) is 0 Å². The molecule has 2 atom stereocenters. The molecular weight excluding hydrogens is 248 g/mol. The second-order valence-corrected chi connectivity index (χ2v) is 5.74. The third-order valence-corrected chi connectivity index (χ3v) is 3.86. The molecule has 1 aromatic carbocycles. The van der Waals surface area contributed by atoms with Crippen molar-refractivity contribution in [1.29, 1.82) is 0 Å². The van der Waals surface area contributed by atoms with Gasteiger partial charge in [-0.15, -0.1) is 0 Å². The molecule has 0 aliphatic carbocycles. The van der Waals surface area contributed by atoms with Crippen LogP contribution in [0.1, 0.15) is 46.0 Å². The van der Waals surface area contributed by atoms with Crippen molar-refractivity contribution in [3.63, 3.8) is 0 Å². The Balaban J connectivity index is 1.83. The first kappa shape index (κ1) is 15.2. The van der Waals surface area contributed by atoms with Crippen LogP contribution in [0.5, 0.6) is 5.75 Å². The smallest absolute Gasteiger partial charge is 0.121 e. The maximum atomic E-state index is 5.54. The van der Waals surface area contributed by atoms with E-state index in [4.69, 9.17) is 4.74 Å². The molecule has 0 aromatic heterocycles. The molecule has 20 heavy (non-hydrogen) atoms. The van der Waals surface area contributed by atoms with Crippen LogP contribution < -0.4 is 15.4 Å². The van der Waals surface area contributed by atoms with E-state index in [-0.39, 0.29) is 0 Å². The first-order valence-corrected chi connectivity index (χ1v) is 8.00. The third-order valence-electron chi connectivity index (χ3n) is 3.86. The number of nitrogens with one attached hydrogen (secondary N) is 2. The molecule has 2 N–H and O–H groups in total. The molecule has 0 saturated carbocycles. The molecule has 0 amide bonds. The van der Waals surface area contributed by atoms with E-state index in [0.717, 1.165) is 11.4 Å². The number of benzene rings is 1. The summed E-state index contributed by atoms with van der Waals surface area (Å²) in [4.78, 5) is 0. The van der Waals surface area contributed by atoms with Crippen molar-refractivity contribution in [3.8, 4) is 5.75 Å². The Hall–Kier alpha value is -1.22. The fourth-order valence-corrected chi connectivity index (χ4v) is 2.91. The zero-order valence-electron chi connectivity index (χ0n) is 12.8.